The number of hydrogen-bond donors (Lipinski definition) is 2. The van der Waals surface area contributed by atoms with Crippen LogP contribution in [0.15, 0.2) is 0 Å². The molecule has 0 aromatic carbocycles. The highest BCUT2D eigenvalue weighted by Crippen LogP contribution is 2.31. The molecule has 1 saturated carbocycles. The lowest BCUT2D eigenvalue weighted by atomic mass is 9.95. The van der Waals surface area contributed by atoms with E-state index in [1.54, 1.807) is 0 Å². The smallest absolute Gasteiger partial charge is 0.221 e. The molecule has 0 amide bonds. The molecule has 5 heteroatoms. The van der Waals surface area contributed by atoms with E-state index in [1.165, 1.54) is 12.8 Å². The molecule has 0 atom stereocenters. The van der Waals surface area contributed by atoms with Crippen LogP contribution in [0.25, 0.3) is 0 Å². The minimum absolute atomic E-state index is 0.128. The number of ether oxygens (including phenoxy) is 1. The summed E-state index contributed by atoms with van der Waals surface area (Å²) in [6.07, 6.45) is 2.52. The first-order valence-corrected chi connectivity index (χ1v) is 6.40. The van der Waals surface area contributed by atoms with E-state index in [9.17, 15) is 0 Å². The molecular weight excluding hydrogens is 228 g/mol. The van der Waals surface area contributed by atoms with Gasteiger partial charge in [0.05, 0.1) is 12.2 Å². The van der Waals surface area contributed by atoms with E-state index in [4.69, 9.17) is 10.6 Å². The second-order valence-corrected chi connectivity index (χ2v) is 5.97. The number of hydrogen-bond acceptors (Lipinski definition) is 5. The lowest BCUT2D eigenvalue weighted by molar-refractivity contribution is 0.283. The molecule has 0 bridgehead atoms. The SMILES string of the molecule is Cc1c(NN)nc(C(C)(C)C)nc1OCC1CC1. The standard InChI is InChI=1S/C13H22N4O/c1-8-10(17-14)15-12(13(2,3)4)16-11(8)18-7-9-5-6-9/h9H,5-7,14H2,1-4H3,(H,15,16,17). The summed E-state index contributed by atoms with van der Waals surface area (Å²) in [4.78, 5) is 8.96. The molecule has 1 aromatic heterocycles. The van der Waals surface area contributed by atoms with Gasteiger partial charge in [0, 0.05) is 5.41 Å². The summed E-state index contributed by atoms with van der Waals surface area (Å²) in [6, 6.07) is 0. The van der Waals surface area contributed by atoms with Crippen LogP contribution in [0, 0.1) is 12.8 Å². The fourth-order valence-electron chi connectivity index (χ4n) is 1.59. The van der Waals surface area contributed by atoms with Crippen molar-refractivity contribution in [2.24, 2.45) is 11.8 Å². The largest absolute Gasteiger partial charge is 0.477 e. The van der Waals surface area contributed by atoms with Crippen LogP contribution >= 0.6 is 0 Å². The Balaban J connectivity index is 2.29. The Labute approximate surface area is 108 Å². The summed E-state index contributed by atoms with van der Waals surface area (Å²) in [5.41, 5.74) is 3.36. The van der Waals surface area contributed by atoms with Crippen LogP contribution in [0.2, 0.25) is 0 Å². The van der Waals surface area contributed by atoms with E-state index in [1.807, 2.05) is 6.92 Å². The van der Waals surface area contributed by atoms with Crippen LogP contribution in [0.3, 0.4) is 0 Å². The zero-order valence-corrected chi connectivity index (χ0v) is 11.6. The van der Waals surface area contributed by atoms with E-state index in [0.717, 1.165) is 18.0 Å². The van der Waals surface area contributed by atoms with Gasteiger partial charge >= 0.3 is 0 Å². The van der Waals surface area contributed by atoms with Crippen LogP contribution in [0.5, 0.6) is 5.88 Å². The molecular formula is C13H22N4O. The molecule has 0 saturated heterocycles. The first kappa shape index (κ1) is 13.1. The summed E-state index contributed by atoms with van der Waals surface area (Å²) >= 11 is 0. The monoisotopic (exact) mass is 250 g/mol. The molecule has 1 aliphatic rings. The summed E-state index contributed by atoms with van der Waals surface area (Å²) in [5, 5.41) is 0. The van der Waals surface area contributed by atoms with Crippen molar-refractivity contribution in [3.05, 3.63) is 11.4 Å². The number of nitrogens with one attached hydrogen (secondary N) is 1. The molecule has 2 rings (SSSR count). The number of nitrogen functional groups attached to an aromatic ring is 1. The van der Waals surface area contributed by atoms with Gasteiger partial charge in [-0.15, -0.1) is 0 Å². The normalized spacial score (nSPS) is 15.6. The average Bonchev–Trinajstić information content (AvgIpc) is 3.10. The number of hydrazine groups is 1. The predicted octanol–water partition coefficient (Wildman–Crippen LogP) is 2.16. The molecule has 3 N–H and O–H groups in total. The Morgan fingerprint density at radius 1 is 1.33 bits per heavy atom. The third-order valence-corrected chi connectivity index (χ3v) is 3.06. The van der Waals surface area contributed by atoms with E-state index in [2.05, 4.69) is 36.2 Å². The van der Waals surface area contributed by atoms with Gasteiger partial charge in [0.25, 0.3) is 0 Å². The van der Waals surface area contributed by atoms with Gasteiger partial charge in [0.2, 0.25) is 5.88 Å². The van der Waals surface area contributed by atoms with Crippen molar-refractivity contribution in [3.8, 4) is 5.88 Å². The molecule has 1 aliphatic carbocycles. The van der Waals surface area contributed by atoms with Gasteiger partial charge in [-0.3, -0.25) is 0 Å². The molecule has 100 valence electrons. The van der Waals surface area contributed by atoms with E-state index < -0.39 is 0 Å². The highest BCUT2D eigenvalue weighted by molar-refractivity contribution is 5.48. The minimum Gasteiger partial charge on any atom is -0.477 e. The Bertz CT molecular complexity index is 435. The zero-order valence-electron chi connectivity index (χ0n) is 11.6. The van der Waals surface area contributed by atoms with Crippen LogP contribution in [0.4, 0.5) is 5.82 Å². The molecule has 0 aliphatic heterocycles. The Hall–Kier alpha value is -1.36. The van der Waals surface area contributed by atoms with Crippen molar-refractivity contribution in [2.75, 3.05) is 12.0 Å². The Morgan fingerprint density at radius 2 is 2.00 bits per heavy atom. The fourth-order valence-corrected chi connectivity index (χ4v) is 1.59. The average molecular weight is 250 g/mol. The lowest BCUT2D eigenvalue weighted by Crippen LogP contribution is -2.21. The van der Waals surface area contributed by atoms with Gasteiger partial charge in [0.15, 0.2) is 5.82 Å². The molecule has 1 fully saturated rings. The van der Waals surface area contributed by atoms with Crippen molar-refractivity contribution in [1.82, 2.24) is 9.97 Å². The fraction of sp³-hybridized carbons (Fsp3) is 0.692. The maximum Gasteiger partial charge on any atom is 0.221 e. The molecule has 18 heavy (non-hydrogen) atoms. The van der Waals surface area contributed by atoms with Crippen molar-refractivity contribution in [1.29, 1.82) is 0 Å². The van der Waals surface area contributed by atoms with Crippen LogP contribution in [-0.4, -0.2) is 16.6 Å². The van der Waals surface area contributed by atoms with Crippen LogP contribution < -0.4 is 16.0 Å². The minimum atomic E-state index is -0.128. The van der Waals surface area contributed by atoms with Crippen molar-refractivity contribution in [2.45, 2.75) is 46.0 Å². The van der Waals surface area contributed by atoms with Crippen molar-refractivity contribution < 1.29 is 4.74 Å². The summed E-state index contributed by atoms with van der Waals surface area (Å²) < 4.78 is 5.79. The van der Waals surface area contributed by atoms with Crippen molar-refractivity contribution >= 4 is 5.82 Å². The summed E-state index contributed by atoms with van der Waals surface area (Å²) in [6.45, 7) is 8.88. The van der Waals surface area contributed by atoms with Gasteiger partial charge in [0.1, 0.15) is 5.82 Å². The second-order valence-electron chi connectivity index (χ2n) is 5.97. The van der Waals surface area contributed by atoms with Gasteiger partial charge in [-0.2, -0.15) is 4.98 Å². The maximum absolute atomic E-state index is 5.79. The highest BCUT2D eigenvalue weighted by Gasteiger charge is 2.25. The number of aromatic nitrogens is 2. The number of nitrogens with two attached hydrogens (primary N) is 1. The molecule has 0 unspecified atom stereocenters. The second kappa shape index (κ2) is 4.72. The van der Waals surface area contributed by atoms with E-state index >= 15 is 0 Å². The molecule has 1 aromatic rings. The Kier molecular flexibility index (Phi) is 3.43. The summed E-state index contributed by atoms with van der Waals surface area (Å²) in [7, 11) is 0. The zero-order chi connectivity index (χ0) is 13.3. The maximum atomic E-state index is 5.79. The molecule has 0 radical (unpaired) electrons. The lowest BCUT2D eigenvalue weighted by Gasteiger charge is -2.20. The molecule has 5 nitrogen and oxygen atoms in total. The van der Waals surface area contributed by atoms with Gasteiger partial charge in [-0.1, -0.05) is 20.8 Å². The Morgan fingerprint density at radius 3 is 2.50 bits per heavy atom. The van der Waals surface area contributed by atoms with Gasteiger partial charge in [-0.05, 0) is 25.7 Å². The number of nitrogens with zero attached hydrogens (tertiary/aromatic N) is 2. The highest BCUT2D eigenvalue weighted by atomic mass is 16.5. The predicted molar refractivity (Wildman–Crippen MR) is 71.5 cm³/mol. The van der Waals surface area contributed by atoms with Crippen molar-refractivity contribution in [3.63, 3.8) is 0 Å². The first-order chi connectivity index (χ1) is 8.41. The molecule has 1 heterocycles. The van der Waals surface area contributed by atoms with Crippen LogP contribution in [0.1, 0.15) is 45.0 Å². The first-order valence-electron chi connectivity index (χ1n) is 6.40. The molecule has 0 spiro atoms. The number of anilines is 1. The van der Waals surface area contributed by atoms with E-state index in [0.29, 0.717) is 17.6 Å². The topological polar surface area (TPSA) is 73.1 Å². The van der Waals surface area contributed by atoms with Gasteiger partial charge in [-0.25, -0.2) is 10.8 Å². The third kappa shape index (κ3) is 2.90. The third-order valence-electron chi connectivity index (χ3n) is 3.06. The van der Waals surface area contributed by atoms with Gasteiger partial charge < -0.3 is 10.2 Å². The summed E-state index contributed by atoms with van der Waals surface area (Å²) in [5.74, 6) is 8.23. The number of rotatable bonds is 4. The van der Waals surface area contributed by atoms with E-state index in [-0.39, 0.29) is 5.41 Å². The van der Waals surface area contributed by atoms with Crippen LogP contribution in [-0.2, 0) is 5.41 Å². The quantitative estimate of drug-likeness (QED) is 0.633.